The molecule has 326 valence electrons. The molecule has 0 aromatic rings. The fraction of sp³-hybridized carbons (Fsp3) is 0.574. The van der Waals surface area contributed by atoms with Crippen LogP contribution < -0.4 is 5.32 Å². The Balaban J connectivity index is 3.81. The summed E-state index contributed by atoms with van der Waals surface area (Å²) in [6, 6.07) is -0.679. The van der Waals surface area contributed by atoms with Gasteiger partial charge in [-0.2, -0.15) is 0 Å². The van der Waals surface area contributed by atoms with E-state index in [1.165, 1.54) is 64.2 Å². The first-order valence-electron chi connectivity index (χ1n) is 23.4. The second-order valence-corrected chi connectivity index (χ2v) is 15.1. The van der Waals surface area contributed by atoms with E-state index in [0.29, 0.717) is 6.42 Å². The number of aliphatic hydroxyl groups is 2. The molecule has 1 amide bonds. The maximum Gasteiger partial charge on any atom is 0.220 e. The molecule has 0 aliphatic rings. The van der Waals surface area contributed by atoms with Crippen LogP contribution in [0.25, 0.3) is 0 Å². The summed E-state index contributed by atoms with van der Waals surface area (Å²) in [6.45, 7) is 4.14. The van der Waals surface area contributed by atoms with Crippen molar-refractivity contribution in [2.24, 2.45) is 0 Å². The zero-order chi connectivity index (χ0) is 42.1. The highest BCUT2D eigenvalue weighted by Crippen LogP contribution is 2.11. The number of carbonyl (C=O) groups excluding carboxylic acids is 1. The number of rotatable bonds is 40. The third-order valence-corrected chi connectivity index (χ3v) is 9.60. The van der Waals surface area contributed by atoms with Gasteiger partial charge in [0.2, 0.25) is 5.91 Å². The maximum absolute atomic E-state index is 12.4. The summed E-state index contributed by atoms with van der Waals surface area (Å²) in [4.78, 5) is 12.4. The summed E-state index contributed by atoms with van der Waals surface area (Å²) in [7, 11) is 0. The third kappa shape index (κ3) is 43.6. The zero-order valence-corrected chi connectivity index (χ0v) is 37.3. The Morgan fingerprint density at radius 3 is 1.21 bits per heavy atom. The van der Waals surface area contributed by atoms with E-state index < -0.39 is 12.1 Å². The molecule has 58 heavy (non-hydrogen) atoms. The number of amides is 1. The molecule has 0 aliphatic heterocycles. The SMILES string of the molecule is CC/C=C\C/C=C\C/C=C\C/C=C\C/C=C\C/C=C\C/C=C\C/C=C\CCCCC(=O)NC(CO)C(O)/C=C/CC/C=C/CC/C=C/CCCCCCCCCCC. The van der Waals surface area contributed by atoms with E-state index >= 15 is 0 Å². The highest BCUT2D eigenvalue weighted by molar-refractivity contribution is 5.76. The summed E-state index contributed by atoms with van der Waals surface area (Å²) < 4.78 is 0. The molecule has 0 saturated carbocycles. The smallest absolute Gasteiger partial charge is 0.220 e. The Morgan fingerprint density at radius 1 is 0.431 bits per heavy atom. The van der Waals surface area contributed by atoms with Crippen molar-refractivity contribution in [3.63, 3.8) is 0 Å². The predicted molar refractivity (Wildman–Crippen MR) is 257 cm³/mol. The highest BCUT2D eigenvalue weighted by atomic mass is 16.3. The van der Waals surface area contributed by atoms with Crippen LogP contribution >= 0.6 is 0 Å². The van der Waals surface area contributed by atoms with Crippen molar-refractivity contribution < 1.29 is 15.0 Å². The molecule has 4 nitrogen and oxygen atoms in total. The lowest BCUT2D eigenvalue weighted by molar-refractivity contribution is -0.123. The summed E-state index contributed by atoms with van der Waals surface area (Å²) in [5.74, 6) is -0.127. The maximum atomic E-state index is 12.4. The molecular formula is C54H87NO3. The Labute approximate surface area is 358 Å². The Hall–Kier alpha value is -3.47. The molecule has 2 atom stereocenters. The molecule has 0 fully saturated rings. The second-order valence-electron chi connectivity index (χ2n) is 15.1. The van der Waals surface area contributed by atoms with Crippen LogP contribution in [0.3, 0.4) is 0 Å². The molecule has 0 aromatic heterocycles. The van der Waals surface area contributed by atoms with Gasteiger partial charge in [-0.25, -0.2) is 0 Å². The summed E-state index contributed by atoms with van der Waals surface area (Å²) in [5, 5.41) is 23.0. The molecule has 0 heterocycles. The molecule has 0 rings (SSSR count). The van der Waals surface area contributed by atoms with E-state index in [-0.39, 0.29) is 12.5 Å². The topological polar surface area (TPSA) is 69.6 Å². The Bertz CT molecular complexity index is 1220. The van der Waals surface area contributed by atoms with Gasteiger partial charge in [0.05, 0.1) is 18.8 Å². The van der Waals surface area contributed by atoms with E-state index in [1.807, 2.05) is 6.08 Å². The van der Waals surface area contributed by atoms with E-state index in [9.17, 15) is 15.0 Å². The van der Waals surface area contributed by atoms with Crippen LogP contribution in [0.1, 0.15) is 181 Å². The van der Waals surface area contributed by atoms with Crippen LogP contribution in [-0.2, 0) is 4.79 Å². The number of hydrogen-bond donors (Lipinski definition) is 3. The van der Waals surface area contributed by atoms with Gasteiger partial charge in [-0.3, -0.25) is 4.79 Å². The molecule has 4 heteroatoms. The zero-order valence-electron chi connectivity index (χ0n) is 37.3. The van der Waals surface area contributed by atoms with Crippen molar-refractivity contribution in [1.29, 1.82) is 0 Å². The summed E-state index contributed by atoms with van der Waals surface area (Å²) in [5.41, 5.74) is 0. The van der Waals surface area contributed by atoms with E-state index in [1.54, 1.807) is 6.08 Å². The normalized spacial score (nSPS) is 14.2. The van der Waals surface area contributed by atoms with Gasteiger partial charge in [0.25, 0.3) is 0 Å². The van der Waals surface area contributed by atoms with E-state index in [0.717, 1.165) is 96.3 Å². The molecule has 0 spiro atoms. The van der Waals surface area contributed by atoms with E-state index in [2.05, 4.69) is 141 Å². The van der Waals surface area contributed by atoms with Crippen molar-refractivity contribution in [1.82, 2.24) is 5.32 Å². The average molecular weight is 798 g/mol. The number of unbranched alkanes of at least 4 members (excludes halogenated alkanes) is 13. The van der Waals surface area contributed by atoms with Crippen LogP contribution in [-0.4, -0.2) is 34.9 Å². The number of aliphatic hydroxyl groups excluding tert-OH is 2. The predicted octanol–water partition coefficient (Wildman–Crippen LogP) is 15.1. The molecule has 0 aliphatic carbocycles. The first-order valence-corrected chi connectivity index (χ1v) is 23.4. The van der Waals surface area contributed by atoms with Crippen molar-refractivity contribution in [3.05, 3.63) is 134 Å². The second kappa shape index (κ2) is 47.9. The van der Waals surface area contributed by atoms with Crippen molar-refractivity contribution in [2.75, 3.05) is 6.61 Å². The standard InChI is InChI=1S/C54H87NO3/c1-3-5-7-9-11-13-15-17-19-21-23-24-25-26-27-28-29-30-32-34-36-38-40-42-44-46-48-50-54(58)55-52(51-56)53(57)49-47-45-43-41-39-37-35-33-31-22-20-18-16-14-12-10-8-6-4-2/h5,7,11,13,17,19,23-24,26-27,29-31,33-34,36,39-42,47,49,52-53,56-57H,3-4,6,8-10,12,14-16,18,20-22,25,28,32,35,37-38,43-46,48,50-51H2,1-2H3,(H,55,58)/b7-5-,13-11-,19-17-,24-23-,27-26-,30-29-,33-31+,36-34-,41-39+,42-40-,49-47+. The van der Waals surface area contributed by atoms with Gasteiger partial charge in [0.15, 0.2) is 0 Å². The third-order valence-electron chi connectivity index (χ3n) is 9.60. The highest BCUT2D eigenvalue weighted by Gasteiger charge is 2.17. The van der Waals surface area contributed by atoms with Gasteiger partial charge in [0, 0.05) is 6.42 Å². The Morgan fingerprint density at radius 2 is 0.776 bits per heavy atom. The van der Waals surface area contributed by atoms with Crippen molar-refractivity contribution in [3.8, 4) is 0 Å². The minimum atomic E-state index is -0.899. The fourth-order valence-corrected chi connectivity index (χ4v) is 6.05. The van der Waals surface area contributed by atoms with E-state index in [4.69, 9.17) is 0 Å². The number of hydrogen-bond acceptors (Lipinski definition) is 3. The fourth-order valence-electron chi connectivity index (χ4n) is 6.05. The van der Waals surface area contributed by atoms with Gasteiger partial charge in [-0.1, -0.05) is 199 Å². The number of nitrogens with one attached hydrogen (secondary N) is 1. The molecule has 0 aromatic carbocycles. The van der Waals surface area contributed by atoms with Crippen LogP contribution in [0.4, 0.5) is 0 Å². The number of allylic oxidation sites excluding steroid dienone is 21. The lowest BCUT2D eigenvalue weighted by Crippen LogP contribution is -2.45. The molecule has 0 radical (unpaired) electrons. The average Bonchev–Trinajstić information content (AvgIpc) is 3.23. The van der Waals surface area contributed by atoms with Gasteiger partial charge in [0.1, 0.15) is 0 Å². The first kappa shape index (κ1) is 54.5. The molecule has 3 N–H and O–H groups in total. The first-order chi connectivity index (χ1) is 28.7. The van der Waals surface area contributed by atoms with Gasteiger partial charge >= 0.3 is 0 Å². The largest absolute Gasteiger partial charge is 0.394 e. The van der Waals surface area contributed by atoms with Crippen LogP contribution in [0, 0.1) is 0 Å². The monoisotopic (exact) mass is 798 g/mol. The van der Waals surface area contributed by atoms with Gasteiger partial charge in [-0.15, -0.1) is 0 Å². The Kier molecular flexibility index (Phi) is 45.0. The molecule has 0 bridgehead atoms. The lowest BCUT2D eigenvalue weighted by atomic mass is 10.1. The van der Waals surface area contributed by atoms with Crippen molar-refractivity contribution in [2.45, 2.75) is 193 Å². The summed E-state index contributed by atoms with van der Waals surface area (Å²) in [6.07, 6.45) is 75.6. The molecule has 0 saturated heterocycles. The number of carbonyl (C=O) groups is 1. The van der Waals surface area contributed by atoms with Crippen LogP contribution in [0.2, 0.25) is 0 Å². The van der Waals surface area contributed by atoms with Gasteiger partial charge in [-0.05, 0) is 109 Å². The lowest BCUT2D eigenvalue weighted by Gasteiger charge is -2.19. The van der Waals surface area contributed by atoms with Crippen molar-refractivity contribution >= 4 is 5.91 Å². The molecule has 2 unspecified atom stereocenters. The summed E-state index contributed by atoms with van der Waals surface area (Å²) >= 11 is 0. The van der Waals surface area contributed by atoms with Crippen LogP contribution in [0.15, 0.2) is 134 Å². The van der Waals surface area contributed by atoms with Gasteiger partial charge < -0.3 is 15.5 Å². The van der Waals surface area contributed by atoms with Crippen LogP contribution in [0.5, 0.6) is 0 Å². The minimum Gasteiger partial charge on any atom is -0.394 e. The quantitative estimate of drug-likeness (QED) is 0.0427. The minimum absolute atomic E-state index is 0.127. The molecular weight excluding hydrogens is 711 g/mol.